The molecule has 0 radical (unpaired) electrons. The molecule has 140 valence electrons. The minimum atomic E-state index is -0.238. The number of thioether (sulfide) groups is 1. The summed E-state index contributed by atoms with van der Waals surface area (Å²) in [5.41, 5.74) is 1.62. The summed E-state index contributed by atoms with van der Waals surface area (Å²) in [5.74, 6) is 1.08. The molecule has 0 aliphatic carbocycles. The molecule has 0 bridgehead atoms. The molecule has 0 saturated carbocycles. The van der Waals surface area contributed by atoms with Gasteiger partial charge in [0.1, 0.15) is 5.75 Å². The Labute approximate surface area is 166 Å². The Morgan fingerprint density at radius 2 is 2.00 bits per heavy atom. The van der Waals surface area contributed by atoms with E-state index in [1.807, 2.05) is 22.8 Å². The molecule has 27 heavy (non-hydrogen) atoms. The highest BCUT2D eigenvalue weighted by Crippen LogP contribution is 2.30. The minimum Gasteiger partial charge on any atom is -0.508 e. The average Bonchev–Trinajstić information content (AvgIpc) is 3.06. The first-order valence-corrected chi connectivity index (χ1v) is 9.74. The van der Waals surface area contributed by atoms with Crippen molar-refractivity contribution in [3.8, 4) is 22.8 Å². The minimum absolute atomic E-state index is 0.177. The number of benzene rings is 2. The quantitative estimate of drug-likeness (QED) is 0.467. The molecular weight excluding hydrogens is 386 g/mol. The summed E-state index contributed by atoms with van der Waals surface area (Å²) in [6.07, 6.45) is 0.287. The number of phenols is 1. The predicted octanol–water partition coefficient (Wildman–Crippen LogP) is 4.34. The number of nitrogens with zero attached hydrogens (tertiary/aromatic N) is 3. The molecule has 0 aliphatic heterocycles. The highest BCUT2D eigenvalue weighted by molar-refractivity contribution is 7.99. The van der Waals surface area contributed by atoms with E-state index < -0.39 is 0 Å². The van der Waals surface area contributed by atoms with Crippen molar-refractivity contribution in [3.05, 3.63) is 53.6 Å². The fourth-order valence-corrected chi connectivity index (χ4v) is 3.52. The summed E-state index contributed by atoms with van der Waals surface area (Å²) in [6.45, 7) is 2.15. The monoisotopic (exact) mass is 403 g/mol. The molecule has 0 aliphatic rings. The first-order valence-electron chi connectivity index (χ1n) is 8.37. The van der Waals surface area contributed by atoms with Crippen LogP contribution in [0.4, 0.5) is 0 Å². The van der Waals surface area contributed by atoms with E-state index in [2.05, 4.69) is 10.2 Å². The molecule has 0 unspecified atom stereocenters. The summed E-state index contributed by atoms with van der Waals surface area (Å²) in [5, 5.41) is 19.4. The Bertz CT molecular complexity index is 928. The van der Waals surface area contributed by atoms with Crippen LogP contribution in [0, 0.1) is 0 Å². The summed E-state index contributed by atoms with van der Waals surface area (Å²) >= 11 is 7.58. The van der Waals surface area contributed by atoms with E-state index >= 15 is 0 Å². The lowest BCUT2D eigenvalue weighted by Crippen LogP contribution is -2.05. The molecule has 1 N–H and O–H groups in total. The maximum Gasteiger partial charge on any atom is 0.306 e. The third-order valence-corrected chi connectivity index (χ3v) is 4.83. The van der Waals surface area contributed by atoms with Gasteiger partial charge in [-0.15, -0.1) is 10.2 Å². The zero-order valence-electron chi connectivity index (χ0n) is 14.6. The maximum atomic E-state index is 11.6. The molecule has 0 spiro atoms. The van der Waals surface area contributed by atoms with Crippen molar-refractivity contribution in [2.24, 2.45) is 0 Å². The van der Waals surface area contributed by atoms with E-state index in [1.165, 1.54) is 11.8 Å². The van der Waals surface area contributed by atoms with Crippen molar-refractivity contribution in [1.29, 1.82) is 0 Å². The highest BCUT2D eigenvalue weighted by atomic mass is 35.5. The van der Waals surface area contributed by atoms with Crippen LogP contribution in [0.5, 0.6) is 5.75 Å². The number of carbonyl (C=O) groups is 1. The fraction of sp³-hybridized carbons (Fsp3) is 0.211. The van der Waals surface area contributed by atoms with Crippen LogP contribution in [-0.2, 0) is 9.53 Å². The number of ether oxygens (including phenoxy) is 1. The van der Waals surface area contributed by atoms with Crippen LogP contribution in [0.2, 0.25) is 5.02 Å². The first kappa shape index (κ1) is 19.3. The zero-order valence-corrected chi connectivity index (χ0v) is 16.2. The molecule has 0 atom stereocenters. The molecule has 3 rings (SSSR count). The van der Waals surface area contributed by atoms with Crippen molar-refractivity contribution in [1.82, 2.24) is 14.8 Å². The summed E-state index contributed by atoms with van der Waals surface area (Å²) in [4.78, 5) is 11.6. The van der Waals surface area contributed by atoms with Crippen molar-refractivity contribution >= 4 is 29.3 Å². The van der Waals surface area contributed by atoms with Gasteiger partial charge in [-0.25, -0.2) is 0 Å². The topological polar surface area (TPSA) is 77.2 Å². The molecule has 2 aromatic carbocycles. The number of aromatic nitrogens is 3. The van der Waals surface area contributed by atoms with Crippen molar-refractivity contribution in [2.45, 2.75) is 18.5 Å². The van der Waals surface area contributed by atoms with Crippen molar-refractivity contribution in [2.75, 3.05) is 12.4 Å². The number of hydrogen-bond donors (Lipinski definition) is 1. The number of rotatable bonds is 7. The van der Waals surface area contributed by atoms with Gasteiger partial charge in [0.25, 0.3) is 0 Å². The lowest BCUT2D eigenvalue weighted by atomic mass is 10.2. The Kier molecular flexibility index (Phi) is 6.36. The average molecular weight is 404 g/mol. The number of halogens is 1. The predicted molar refractivity (Wildman–Crippen MR) is 105 cm³/mol. The van der Waals surface area contributed by atoms with E-state index in [-0.39, 0.29) is 18.1 Å². The number of phenolic OH excluding ortho intramolecular Hbond substituents is 1. The second-order valence-corrected chi connectivity index (χ2v) is 7.07. The zero-order chi connectivity index (χ0) is 19.2. The standard InChI is InChI=1S/C19H18ClN3O3S/c1-2-26-17(25)10-11-27-19-22-21-18(13-6-8-16(24)9-7-13)23(19)15-5-3-4-14(20)12-15/h3-9,12,24H,2,10-11H2,1H3. The van der Waals surface area contributed by atoms with Crippen LogP contribution in [0.1, 0.15) is 13.3 Å². The van der Waals surface area contributed by atoms with Gasteiger partial charge in [-0.2, -0.15) is 0 Å². The second-order valence-electron chi connectivity index (χ2n) is 5.57. The molecule has 0 fully saturated rings. The van der Waals surface area contributed by atoms with Gasteiger partial charge in [-0.1, -0.05) is 29.4 Å². The Hall–Kier alpha value is -2.51. The Morgan fingerprint density at radius 1 is 1.22 bits per heavy atom. The highest BCUT2D eigenvalue weighted by Gasteiger charge is 2.17. The largest absolute Gasteiger partial charge is 0.508 e. The van der Waals surface area contributed by atoms with E-state index in [0.717, 1.165) is 11.3 Å². The SMILES string of the molecule is CCOC(=O)CCSc1nnc(-c2ccc(O)cc2)n1-c1cccc(Cl)c1. The molecule has 6 nitrogen and oxygen atoms in total. The third-order valence-electron chi connectivity index (χ3n) is 3.67. The summed E-state index contributed by atoms with van der Waals surface area (Å²) < 4.78 is 6.84. The number of hydrogen-bond acceptors (Lipinski definition) is 6. The van der Waals surface area contributed by atoms with Gasteiger partial charge in [0.05, 0.1) is 18.7 Å². The fourth-order valence-electron chi connectivity index (χ4n) is 2.47. The van der Waals surface area contributed by atoms with Crippen LogP contribution in [0.3, 0.4) is 0 Å². The number of esters is 1. The summed E-state index contributed by atoms with van der Waals surface area (Å²) in [6, 6.07) is 14.1. The molecule has 8 heteroatoms. The lowest BCUT2D eigenvalue weighted by Gasteiger charge is -2.11. The number of aromatic hydroxyl groups is 1. The number of carbonyl (C=O) groups excluding carboxylic acids is 1. The Balaban J connectivity index is 1.93. The molecular formula is C19H18ClN3O3S. The van der Waals surface area contributed by atoms with E-state index in [9.17, 15) is 9.90 Å². The van der Waals surface area contributed by atoms with Crippen LogP contribution in [-0.4, -0.2) is 38.2 Å². The molecule has 3 aromatic rings. The van der Waals surface area contributed by atoms with Crippen LogP contribution in [0.15, 0.2) is 53.7 Å². The van der Waals surface area contributed by atoms with E-state index in [0.29, 0.717) is 28.4 Å². The molecule has 1 heterocycles. The molecule has 0 saturated heterocycles. The normalized spacial score (nSPS) is 10.7. The van der Waals surface area contributed by atoms with E-state index in [1.54, 1.807) is 37.3 Å². The molecule has 1 aromatic heterocycles. The van der Waals surface area contributed by atoms with Gasteiger partial charge >= 0.3 is 5.97 Å². The van der Waals surface area contributed by atoms with Gasteiger partial charge in [-0.05, 0) is 49.4 Å². The van der Waals surface area contributed by atoms with Crippen LogP contribution >= 0.6 is 23.4 Å². The first-order chi connectivity index (χ1) is 13.1. The lowest BCUT2D eigenvalue weighted by molar-refractivity contribution is -0.142. The van der Waals surface area contributed by atoms with Gasteiger partial charge in [-0.3, -0.25) is 9.36 Å². The van der Waals surface area contributed by atoms with Gasteiger partial charge in [0, 0.05) is 16.3 Å². The smallest absolute Gasteiger partial charge is 0.306 e. The second kappa shape index (κ2) is 8.92. The van der Waals surface area contributed by atoms with Gasteiger partial charge in [0.15, 0.2) is 11.0 Å². The third kappa shape index (κ3) is 4.81. The van der Waals surface area contributed by atoms with Crippen molar-refractivity contribution < 1.29 is 14.6 Å². The molecule has 0 amide bonds. The van der Waals surface area contributed by atoms with E-state index in [4.69, 9.17) is 16.3 Å². The van der Waals surface area contributed by atoms with Gasteiger partial charge in [0.2, 0.25) is 0 Å². The van der Waals surface area contributed by atoms with Crippen LogP contribution < -0.4 is 0 Å². The van der Waals surface area contributed by atoms with Crippen LogP contribution in [0.25, 0.3) is 17.1 Å². The maximum absolute atomic E-state index is 11.6. The Morgan fingerprint density at radius 3 is 2.70 bits per heavy atom. The van der Waals surface area contributed by atoms with Crippen molar-refractivity contribution in [3.63, 3.8) is 0 Å². The summed E-state index contributed by atoms with van der Waals surface area (Å²) in [7, 11) is 0. The van der Waals surface area contributed by atoms with Gasteiger partial charge < -0.3 is 9.84 Å².